The van der Waals surface area contributed by atoms with Gasteiger partial charge in [0.25, 0.3) is 0 Å². The smallest absolute Gasteiger partial charge is 0.235 e. The molecule has 16 heteroatoms. The van der Waals surface area contributed by atoms with Crippen molar-refractivity contribution in [2.75, 3.05) is 6.61 Å². The van der Waals surface area contributed by atoms with Crippen LogP contribution in [0.25, 0.3) is 22.3 Å². The molecule has 43 heavy (non-hydrogen) atoms. The van der Waals surface area contributed by atoms with E-state index in [0.29, 0.717) is 0 Å². The second-order valence-electron chi connectivity index (χ2n) is 10.3. The SMILES string of the molecule is CC1OC(OCC2OC(Oc3c(-c4ccc(O)c(O)c4)oc4cc(O)c(O)cc4c3=O)C(O)C(O)C2O)C(O)C(O)C1O. The number of rotatable bonds is 6. The lowest BCUT2D eigenvalue weighted by molar-refractivity contribution is -0.318. The fourth-order valence-corrected chi connectivity index (χ4v) is 4.77. The Balaban J connectivity index is 1.47. The van der Waals surface area contributed by atoms with Gasteiger partial charge in [0, 0.05) is 11.6 Å². The van der Waals surface area contributed by atoms with Crippen molar-refractivity contribution in [3.05, 3.63) is 40.6 Å². The predicted molar refractivity (Wildman–Crippen MR) is 140 cm³/mol. The molecule has 0 saturated carbocycles. The van der Waals surface area contributed by atoms with Crippen molar-refractivity contribution in [3.63, 3.8) is 0 Å². The van der Waals surface area contributed by atoms with Crippen LogP contribution in [-0.2, 0) is 14.2 Å². The summed E-state index contributed by atoms with van der Waals surface area (Å²) in [6, 6.07) is 5.22. The van der Waals surface area contributed by atoms with Gasteiger partial charge in [-0.2, -0.15) is 0 Å². The molecule has 2 aromatic carbocycles. The number of phenolic OH excluding ortho intramolecular Hbond substituents is 4. The number of fused-ring (bicyclic) bond motifs is 1. The van der Waals surface area contributed by atoms with Crippen molar-refractivity contribution in [1.29, 1.82) is 0 Å². The first-order valence-electron chi connectivity index (χ1n) is 13.0. The van der Waals surface area contributed by atoms with Gasteiger partial charge in [0.2, 0.25) is 17.5 Å². The summed E-state index contributed by atoms with van der Waals surface area (Å²) >= 11 is 0. The third-order valence-electron chi connectivity index (χ3n) is 7.32. The van der Waals surface area contributed by atoms with Gasteiger partial charge in [-0.15, -0.1) is 0 Å². The maximum Gasteiger partial charge on any atom is 0.235 e. The van der Waals surface area contributed by atoms with Crippen LogP contribution in [0, 0.1) is 0 Å². The average Bonchev–Trinajstić information content (AvgIpc) is 2.97. The zero-order valence-corrected chi connectivity index (χ0v) is 22.3. The standard InChI is InChI=1S/C27H30O16/c1-8-17(32)20(35)22(37)26(40-8)39-7-16-19(34)21(36)23(38)27(42-16)43-25-18(33)10-5-13(30)14(31)6-15(10)41-24(25)9-2-3-11(28)12(29)4-9/h2-6,8,16-17,19-23,26-32,34-38H,7H2,1H3. The van der Waals surface area contributed by atoms with Crippen LogP contribution in [-0.4, -0.2) is 119 Å². The summed E-state index contributed by atoms with van der Waals surface area (Å²) in [6.45, 7) is 0.827. The third kappa shape index (κ3) is 5.67. The molecule has 2 fully saturated rings. The maximum absolute atomic E-state index is 13.6. The average molecular weight is 611 g/mol. The minimum atomic E-state index is -1.95. The Morgan fingerprint density at radius 1 is 0.721 bits per heavy atom. The minimum Gasteiger partial charge on any atom is -0.504 e. The van der Waals surface area contributed by atoms with Gasteiger partial charge in [0.15, 0.2) is 35.0 Å². The van der Waals surface area contributed by atoms with E-state index >= 15 is 0 Å². The van der Waals surface area contributed by atoms with Crippen LogP contribution in [0.3, 0.4) is 0 Å². The lowest BCUT2D eigenvalue weighted by Crippen LogP contribution is -2.61. The highest BCUT2D eigenvalue weighted by atomic mass is 16.7. The molecule has 2 saturated heterocycles. The number of aliphatic hydroxyl groups is 6. The summed E-state index contributed by atoms with van der Waals surface area (Å²) in [5, 5.41) is 101. The van der Waals surface area contributed by atoms with Crippen molar-refractivity contribution in [3.8, 4) is 40.1 Å². The Bertz CT molecular complexity index is 1540. The highest BCUT2D eigenvalue weighted by Gasteiger charge is 2.47. The van der Waals surface area contributed by atoms with Crippen LogP contribution in [0.15, 0.2) is 39.5 Å². The van der Waals surface area contributed by atoms with Crippen LogP contribution >= 0.6 is 0 Å². The number of benzene rings is 2. The van der Waals surface area contributed by atoms with Gasteiger partial charge in [-0.1, -0.05) is 0 Å². The van der Waals surface area contributed by atoms with E-state index in [0.717, 1.165) is 24.3 Å². The van der Waals surface area contributed by atoms with Crippen LogP contribution in [0.5, 0.6) is 28.7 Å². The molecule has 0 bridgehead atoms. The molecule has 10 unspecified atom stereocenters. The summed E-state index contributed by atoms with van der Waals surface area (Å²) < 4.78 is 27.9. The zero-order chi connectivity index (χ0) is 31.3. The maximum atomic E-state index is 13.6. The molecule has 2 aliphatic heterocycles. The van der Waals surface area contributed by atoms with Crippen molar-refractivity contribution < 1.29 is 74.4 Å². The van der Waals surface area contributed by atoms with E-state index in [9.17, 15) is 55.9 Å². The Labute approximate surface area is 241 Å². The quantitative estimate of drug-likeness (QED) is 0.140. The van der Waals surface area contributed by atoms with Gasteiger partial charge >= 0.3 is 0 Å². The highest BCUT2D eigenvalue weighted by Crippen LogP contribution is 2.39. The second-order valence-corrected chi connectivity index (χ2v) is 10.3. The fraction of sp³-hybridized carbons (Fsp3) is 0.444. The lowest BCUT2D eigenvalue weighted by atomic mass is 9.98. The molecule has 3 aromatic rings. The van der Waals surface area contributed by atoms with Crippen LogP contribution < -0.4 is 10.2 Å². The first-order chi connectivity index (χ1) is 20.3. The number of aliphatic hydroxyl groups excluding tert-OH is 6. The molecule has 0 radical (unpaired) electrons. The molecule has 1 aromatic heterocycles. The van der Waals surface area contributed by atoms with E-state index in [2.05, 4.69) is 0 Å². The summed E-state index contributed by atoms with van der Waals surface area (Å²) in [6.07, 6.45) is -16.1. The molecular formula is C27H30O16. The van der Waals surface area contributed by atoms with Gasteiger partial charge in [-0.3, -0.25) is 4.79 Å². The molecule has 0 amide bonds. The fourth-order valence-electron chi connectivity index (χ4n) is 4.77. The highest BCUT2D eigenvalue weighted by molar-refractivity contribution is 5.85. The summed E-state index contributed by atoms with van der Waals surface area (Å²) in [4.78, 5) is 13.6. The second kappa shape index (κ2) is 11.8. The lowest BCUT2D eigenvalue weighted by Gasteiger charge is -2.42. The van der Waals surface area contributed by atoms with Crippen molar-refractivity contribution in [2.45, 2.75) is 68.3 Å². The van der Waals surface area contributed by atoms with Crippen molar-refractivity contribution in [1.82, 2.24) is 0 Å². The van der Waals surface area contributed by atoms with Crippen LogP contribution in [0.4, 0.5) is 0 Å². The van der Waals surface area contributed by atoms with Crippen molar-refractivity contribution in [2.24, 2.45) is 0 Å². The molecule has 2 aliphatic rings. The number of hydrogen-bond donors (Lipinski definition) is 10. The van der Waals surface area contributed by atoms with E-state index < -0.39 is 102 Å². The Morgan fingerprint density at radius 2 is 1.35 bits per heavy atom. The number of aromatic hydroxyl groups is 4. The Morgan fingerprint density at radius 3 is 2.05 bits per heavy atom. The number of hydrogen-bond acceptors (Lipinski definition) is 16. The normalized spacial score (nSPS) is 33.0. The van der Waals surface area contributed by atoms with Crippen LogP contribution in [0.1, 0.15) is 6.92 Å². The zero-order valence-electron chi connectivity index (χ0n) is 22.3. The van der Waals surface area contributed by atoms with Gasteiger partial charge < -0.3 is 74.4 Å². The molecule has 0 aliphatic carbocycles. The molecule has 10 atom stereocenters. The first kappa shape index (κ1) is 30.7. The van der Waals surface area contributed by atoms with Gasteiger partial charge in [0.05, 0.1) is 18.1 Å². The number of ether oxygens (including phenoxy) is 4. The molecule has 234 valence electrons. The molecular weight excluding hydrogens is 580 g/mol. The molecule has 10 N–H and O–H groups in total. The third-order valence-corrected chi connectivity index (χ3v) is 7.32. The van der Waals surface area contributed by atoms with Gasteiger partial charge in [-0.25, -0.2) is 0 Å². The molecule has 16 nitrogen and oxygen atoms in total. The van der Waals surface area contributed by atoms with Crippen LogP contribution in [0.2, 0.25) is 0 Å². The van der Waals surface area contributed by atoms with E-state index in [1.807, 2.05) is 0 Å². The Kier molecular flexibility index (Phi) is 8.41. The first-order valence-corrected chi connectivity index (χ1v) is 13.0. The monoisotopic (exact) mass is 610 g/mol. The van der Waals surface area contributed by atoms with E-state index in [1.165, 1.54) is 13.0 Å². The van der Waals surface area contributed by atoms with Crippen molar-refractivity contribution >= 4 is 11.0 Å². The molecule has 0 spiro atoms. The summed E-state index contributed by atoms with van der Waals surface area (Å²) in [5.74, 6) is -3.38. The van der Waals surface area contributed by atoms with Gasteiger partial charge in [-0.05, 0) is 31.2 Å². The van der Waals surface area contributed by atoms with E-state index in [1.54, 1.807) is 0 Å². The largest absolute Gasteiger partial charge is 0.504 e. The van der Waals surface area contributed by atoms with E-state index in [-0.39, 0.29) is 22.3 Å². The number of phenols is 4. The predicted octanol–water partition coefficient (Wildman–Crippen LogP) is -1.69. The topological polar surface area (TPSA) is 269 Å². The van der Waals surface area contributed by atoms with E-state index in [4.69, 9.17) is 23.4 Å². The van der Waals surface area contributed by atoms with Gasteiger partial charge in [0.1, 0.15) is 48.3 Å². The molecule has 3 heterocycles. The Hall–Kier alpha value is -3.71. The molecule has 5 rings (SSSR count). The summed E-state index contributed by atoms with van der Waals surface area (Å²) in [7, 11) is 0. The minimum absolute atomic E-state index is 0.0130. The summed E-state index contributed by atoms with van der Waals surface area (Å²) in [5.41, 5.74) is -1.17.